The van der Waals surface area contributed by atoms with Gasteiger partial charge in [0, 0.05) is 12.0 Å². The third-order valence-electron chi connectivity index (χ3n) is 2.01. The molecule has 86 valence electrons. The molecule has 0 bridgehead atoms. The highest BCUT2D eigenvalue weighted by Crippen LogP contribution is 2.24. The number of rotatable bonds is 4. The summed E-state index contributed by atoms with van der Waals surface area (Å²) in [5.74, 6) is 1.17. The monoisotopic (exact) mass is 256 g/mol. The first-order valence-corrected chi connectivity index (χ1v) is 6.40. The topological polar surface area (TPSA) is 35.0 Å². The Labute approximate surface area is 103 Å². The molecule has 2 aromatic heterocycles. The summed E-state index contributed by atoms with van der Waals surface area (Å²) >= 11 is 7.61. The molecule has 2 rings (SSSR count). The molecule has 0 unspecified atom stereocenters. The number of thiophene rings is 1. The van der Waals surface area contributed by atoms with Gasteiger partial charge in [-0.25, -0.2) is 9.97 Å². The zero-order valence-corrected chi connectivity index (χ0v) is 10.8. The van der Waals surface area contributed by atoms with E-state index >= 15 is 0 Å². The van der Waals surface area contributed by atoms with Crippen LogP contribution in [-0.4, -0.2) is 16.6 Å². The smallest absolute Gasteiger partial charge is 0.157 e. The van der Waals surface area contributed by atoms with Crippen LogP contribution in [0.25, 0.3) is 10.2 Å². The quantitative estimate of drug-likeness (QED) is 0.785. The van der Waals surface area contributed by atoms with E-state index < -0.39 is 0 Å². The Kier molecular flexibility index (Phi) is 3.74. The molecule has 0 spiro atoms. The molecule has 2 heterocycles. The number of fused-ring (bicyclic) bond motifs is 1. The van der Waals surface area contributed by atoms with Gasteiger partial charge in [-0.15, -0.1) is 11.3 Å². The molecule has 2 aromatic rings. The number of halogens is 1. The lowest BCUT2D eigenvalue weighted by Gasteiger charge is -2.06. The zero-order chi connectivity index (χ0) is 11.5. The number of ether oxygens (including phenoxy) is 1. The van der Waals surface area contributed by atoms with Crippen molar-refractivity contribution >= 4 is 33.2 Å². The van der Waals surface area contributed by atoms with Crippen molar-refractivity contribution in [3.05, 3.63) is 22.4 Å². The number of nitrogens with zero attached hydrogens (tertiary/aromatic N) is 2. The van der Waals surface area contributed by atoms with Crippen molar-refractivity contribution in [1.82, 2.24) is 9.97 Å². The van der Waals surface area contributed by atoms with Crippen LogP contribution >= 0.6 is 22.9 Å². The molecule has 3 nitrogen and oxygen atoms in total. The molecule has 0 saturated carbocycles. The minimum absolute atomic E-state index is 0.422. The first-order chi connectivity index (χ1) is 7.66. The number of hydrogen-bond donors (Lipinski definition) is 0. The normalized spacial score (nSPS) is 11.5. The Morgan fingerprint density at radius 1 is 1.44 bits per heavy atom. The molecule has 0 radical (unpaired) electrons. The van der Waals surface area contributed by atoms with Crippen LogP contribution in [0.15, 0.2) is 11.4 Å². The van der Waals surface area contributed by atoms with Crippen molar-refractivity contribution in [2.75, 3.05) is 6.61 Å². The van der Waals surface area contributed by atoms with E-state index in [0.717, 1.165) is 10.2 Å². The SMILES string of the molecule is CC(C)COCc1nc(Cl)c2ccsc2n1. The van der Waals surface area contributed by atoms with Crippen LogP contribution in [0.2, 0.25) is 5.15 Å². The second kappa shape index (κ2) is 5.08. The zero-order valence-electron chi connectivity index (χ0n) is 9.24. The third-order valence-corrected chi connectivity index (χ3v) is 3.10. The lowest BCUT2D eigenvalue weighted by molar-refractivity contribution is 0.0925. The lowest BCUT2D eigenvalue weighted by atomic mass is 10.2. The fraction of sp³-hybridized carbons (Fsp3) is 0.455. The van der Waals surface area contributed by atoms with E-state index in [1.54, 1.807) is 11.3 Å². The van der Waals surface area contributed by atoms with Crippen LogP contribution in [0.3, 0.4) is 0 Å². The molecule has 0 aromatic carbocycles. The fourth-order valence-corrected chi connectivity index (χ4v) is 2.40. The van der Waals surface area contributed by atoms with E-state index in [2.05, 4.69) is 23.8 Å². The minimum Gasteiger partial charge on any atom is -0.373 e. The van der Waals surface area contributed by atoms with Gasteiger partial charge in [0.15, 0.2) is 5.82 Å². The molecule has 16 heavy (non-hydrogen) atoms. The molecule has 0 fully saturated rings. The summed E-state index contributed by atoms with van der Waals surface area (Å²) in [6.07, 6.45) is 0. The summed E-state index contributed by atoms with van der Waals surface area (Å²) in [6, 6.07) is 1.93. The minimum atomic E-state index is 0.422. The molecule has 0 N–H and O–H groups in total. The van der Waals surface area contributed by atoms with E-state index in [1.165, 1.54) is 0 Å². The van der Waals surface area contributed by atoms with Crippen molar-refractivity contribution in [2.24, 2.45) is 5.92 Å². The van der Waals surface area contributed by atoms with Crippen molar-refractivity contribution in [3.8, 4) is 0 Å². The van der Waals surface area contributed by atoms with Crippen molar-refractivity contribution < 1.29 is 4.74 Å². The van der Waals surface area contributed by atoms with Gasteiger partial charge in [0.1, 0.15) is 16.6 Å². The summed E-state index contributed by atoms with van der Waals surface area (Å²) < 4.78 is 5.48. The molecule has 0 atom stereocenters. The van der Waals surface area contributed by atoms with Gasteiger partial charge in [0.25, 0.3) is 0 Å². The standard InChI is InChI=1S/C11H13ClN2OS/c1-7(2)5-15-6-9-13-10(12)8-3-4-16-11(8)14-9/h3-4,7H,5-6H2,1-2H3. The maximum atomic E-state index is 6.05. The van der Waals surface area contributed by atoms with Crippen LogP contribution in [0, 0.1) is 5.92 Å². The van der Waals surface area contributed by atoms with Crippen LogP contribution in [0.1, 0.15) is 19.7 Å². The summed E-state index contributed by atoms with van der Waals surface area (Å²) in [5, 5.41) is 3.39. The Morgan fingerprint density at radius 2 is 2.25 bits per heavy atom. The second-order valence-electron chi connectivity index (χ2n) is 3.98. The van der Waals surface area contributed by atoms with Crippen molar-refractivity contribution in [3.63, 3.8) is 0 Å². The maximum absolute atomic E-state index is 6.05. The van der Waals surface area contributed by atoms with Crippen LogP contribution in [-0.2, 0) is 11.3 Å². The maximum Gasteiger partial charge on any atom is 0.157 e. The van der Waals surface area contributed by atoms with E-state index in [0.29, 0.717) is 30.1 Å². The second-order valence-corrected chi connectivity index (χ2v) is 5.23. The van der Waals surface area contributed by atoms with Crippen LogP contribution in [0.5, 0.6) is 0 Å². The summed E-state index contributed by atoms with van der Waals surface area (Å²) in [6.45, 7) is 5.35. The van der Waals surface area contributed by atoms with Gasteiger partial charge < -0.3 is 4.74 Å². The molecule has 0 aliphatic carbocycles. The van der Waals surface area contributed by atoms with Gasteiger partial charge in [-0.3, -0.25) is 0 Å². The summed E-state index contributed by atoms with van der Waals surface area (Å²) in [5.41, 5.74) is 0. The number of hydrogen-bond acceptors (Lipinski definition) is 4. The van der Waals surface area contributed by atoms with Gasteiger partial charge in [-0.2, -0.15) is 0 Å². The summed E-state index contributed by atoms with van der Waals surface area (Å²) in [4.78, 5) is 9.52. The van der Waals surface area contributed by atoms with Gasteiger partial charge in [-0.1, -0.05) is 25.4 Å². The predicted octanol–water partition coefficient (Wildman–Crippen LogP) is 3.52. The summed E-state index contributed by atoms with van der Waals surface area (Å²) in [7, 11) is 0. The Bertz CT molecular complexity index is 484. The van der Waals surface area contributed by atoms with Crippen molar-refractivity contribution in [2.45, 2.75) is 20.5 Å². The van der Waals surface area contributed by atoms with E-state index in [1.807, 2.05) is 11.4 Å². The number of aromatic nitrogens is 2. The first-order valence-electron chi connectivity index (χ1n) is 5.14. The first kappa shape index (κ1) is 11.8. The van der Waals surface area contributed by atoms with E-state index in [9.17, 15) is 0 Å². The average molecular weight is 257 g/mol. The molecule has 0 saturated heterocycles. The molecule has 0 amide bonds. The van der Waals surface area contributed by atoms with E-state index in [4.69, 9.17) is 16.3 Å². The molecule has 0 aliphatic heterocycles. The van der Waals surface area contributed by atoms with Crippen LogP contribution < -0.4 is 0 Å². The average Bonchev–Trinajstić information content (AvgIpc) is 2.65. The lowest BCUT2D eigenvalue weighted by Crippen LogP contribution is -2.04. The molecular formula is C11H13ClN2OS. The van der Waals surface area contributed by atoms with Crippen molar-refractivity contribution in [1.29, 1.82) is 0 Å². The van der Waals surface area contributed by atoms with Gasteiger partial charge in [0.2, 0.25) is 0 Å². The molecular weight excluding hydrogens is 244 g/mol. The Balaban J connectivity index is 2.12. The largest absolute Gasteiger partial charge is 0.373 e. The third kappa shape index (κ3) is 2.70. The highest BCUT2D eigenvalue weighted by atomic mass is 35.5. The van der Waals surface area contributed by atoms with Gasteiger partial charge in [-0.05, 0) is 17.4 Å². The van der Waals surface area contributed by atoms with Crippen LogP contribution in [0.4, 0.5) is 0 Å². The highest BCUT2D eigenvalue weighted by molar-refractivity contribution is 7.16. The molecule has 0 aliphatic rings. The van der Waals surface area contributed by atoms with Gasteiger partial charge in [0.05, 0.1) is 0 Å². The fourth-order valence-electron chi connectivity index (χ4n) is 1.31. The Hall–Kier alpha value is -0.710. The van der Waals surface area contributed by atoms with Gasteiger partial charge >= 0.3 is 0 Å². The Morgan fingerprint density at radius 3 is 3.00 bits per heavy atom. The highest BCUT2D eigenvalue weighted by Gasteiger charge is 2.07. The molecule has 5 heteroatoms. The van der Waals surface area contributed by atoms with E-state index in [-0.39, 0.29) is 0 Å². The predicted molar refractivity (Wildman–Crippen MR) is 66.9 cm³/mol.